The summed E-state index contributed by atoms with van der Waals surface area (Å²) in [5, 5.41) is 9.26. The van der Waals surface area contributed by atoms with E-state index in [-0.39, 0.29) is 36.8 Å². The van der Waals surface area contributed by atoms with Gasteiger partial charge in [-0.25, -0.2) is 9.46 Å². The van der Waals surface area contributed by atoms with Crippen molar-refractivity contribution in [3.8, 4) is 17.6 Å². The third-order valence-electron chi connectivity index (χ3n) is 11.2. The molecule has 0 spiro atoms. The van der Waals surface area contributed by atoms with Crippen LogP contribution in [0.1, 0.15) is 77.8 Å². The number of aromatic nitrogens is 2. The highest BCUT2D eigenvalue weighted by Gasteiger charge is 2.54. The maximum Gasteiger partial charge on any atom is 0.330 e. The highest BCUT2D eigenvalue weighted by atomic mass is 31.2. The fourth-order valence-corrected chi connectivity index (χ4v) is 10.2. The molecule has 1 aliphatic rings. The molecule has 0 bridgehead atoms. The van der Waals surface area contributed by atoms with Gasteiger partial charge in [0, 0.05) is 24.3 Å². The van der Waals surface area contributed by atoms with Crippen LogP contribution in [0.5, 0.6) is 11.5 Å². The van der Waals surface area contributed by atoms with Gasteiger partial charge in [-0.05, 0) is 86.8 Å². The fourth-order valence-electron chi connectivity index (χ4n) is 7.14. The molecule has 4 aromatic rings. The van der Waals surface area contributed by atoms with E-state index in [0.29, 0.717) is 11.5 Å². The van der Waals surface area contributed by atoms with Crippen molar-refractivity contribution < 1.29 is 32.4 Å². The second-order valence-electron chi connectivity index (χ2n) is 16.9. The Morgan fingerprint density at radius 3 is 1.88 bits per heavy atom. The summed E-state index contributed by atoms with van der Waals surface area (Å²) in [6.07, 6.45) is -2.01. The molecule has 0 amide bonds. The van der Waals surface area contributed by atoms with Gasteiger partial charge in [0.25, 0.3) is 14.1 Å². The van der Waals surface area contributed by atoms with Crippen molar-refractivity contribution in [3.05, 3.63) is 129 Å². The lowest BCUT2D eigenvalue weighted by Crippen LogP contribution is -2.50. The van der Waals surface area contributed by atoms with E-state index in [1.807, 2.05) is 78.9 Å². The Morgan fingerprint density at radius 1 is 0.850 bits per heavy atom. The SMILES string of the molecule is COc1ccc(C(OC[C@@H]2O[C@@H](n3ccc(=O)[nH]c3=O)[C@@H](O[Si](C)(C)C(C)(C)C)[C@H]2OP(OCCC#N)N(C(C)C)C(C)C)(c2ccccc2)c2ccc(OC)cc2)cc1. The molecule has 0 saturated carbocycles. The Kier molecular flexibility index (Phi) is 15.7. The Bertz CT molecular complexity index is 2080. The minimum Gasteiger partial charge on any atom is -0.497 e. The summed E-state index contributed by atoms with van der Waals surface area (Å²) in [6, 6.07) is 29.0. The molecule has 5 rings (SSSR count). The molecular formula is C45H61N4O9PSi. The van der Waals surface area contributed by atoms with Crippen molar-refractivity contribution >= 4 is 16.8 Å². The van der Waals surface area contributed by atoms with Crippen LogP contribution in [0.2, 0.25) is 18.1 Å². The van der Waals surface area contributed by atoms with Crippen LogP contribution in [0.25, 0.3) is 0 Å². The molecule has 324 valence electrons. The number of hydrogen-bond donors (Lipinski definition) is 1. The standard InChI is InChI=1S/C45H61N4O9PSi/c1-31(2)49(32(3)4)59(55-29-15-27-46)57-40-38(56-42(48-28-26-39(50)47-43(48)51)41(40)58-60(10,11)44(5,6)7)30-54-45(33-16-13-12-14-17-33,34-18-22-36(52-8)23-19-34)35-20-24-37(53-9)25-21-35/h12-14,16-26,28,31-32,38,40-42H,15,29-30H2,1-11H3,(H,47,50,51)/t38-,40-,41-,42+,59?/m0/s1. The third-order valence-corrected chi connectivity index (χ3v) is 17.8. The second-order valence-corrected chi connectivity index (χ2v) is 23.0. The predicted octanol–water partition coefficient (Wildman–Crippen LogP) is 8.51. The molecule has 5 atom stereocenters. The number of H-pyrrole nitrogens is 1. The largest absolute Gasteiger partial charge is 0.497 e. The number of nitriles is 1. The van der Waals surface area contributed by atoms with Crippen LogP contribution in [-0.4, -0.2) is 80.4 Å². The van der Waals surface area contributed by atoms with Crippen LogP contribution in [0.15, 0.2) is 101 Å². The van der Waals surface area contributed by atoms with Gasteiger partial charge in [0.2, 0.25) is 0 Å². The Morgan fingerprint density at radius 2 is 1.40 bits per heavy atom. The van der Waals surface area contributed by atoms with Crippen LogP contribution in [0.4, 0.5) is 0 Å². The van der Waals surface area contributed by atoms with E-state index in [0.717, 1.165) is 16.7 Å². The predicted molar refractivity (Wildman–Crippen MR) is 236 cm³/mol. The summed E-state index contributed by atoms with van der Waals surface area (Å²) in [6.45, 7) is 19.1. The van der Waals surface area contributed by atoms with Gasteiger partial charge in [0.1, 0.15) is 35.4 Å². The molecule has 1 aliphatic heterocycles. The zero-order valence-electron chi connectivity index (χ0n) is 36.7. The maximum atomic E-state index is 13.6. The van der Waals surface area contributed by atoms with Gasteiger partial charge in [-0.15, -0.1) is 0 Å². The number of rotatable bonds is 19. The van der Waals surface area contributed by atoms with Crippen LogP contribution >= 0.6 is 8.53 Å². The minimum atomic E-state index is -2.64. The number of nitrogens with zero attached hydrogens (tertiary/aromatic N) is 3. The van der Waals surface area contributed by atoms with E-state index in [4.69, 9.17) is 32.4 Å². The van der Waals surface area contributed by atoms with Gasteiger partial charge in [-0.2, -0.15) is 5.26 Å². The zero-order chi connectivity index (χ0) is 43.8. The average Bonchev–Trinajstić information content (AvgIpc) is 3.53. The smallest absolute Gasteiger partial charge is 0.330 e. The normalized spacial score (nSPS) is 19.1. The van der Waals surface area contributed by atoms with Gasteiger partial charge in [-0.1, -0.05) is 75.4 Å². The molecule has 1 fully saturated rings. The van der Waals surface area contributed by atoms with E-state index in [2.05, 4.69) is 77.3 Å². The van der Waals surface area contributed by atoms with Crippen molar-refractivity contribution in [1.29, 1.82) is 5.26 Å². The number of hydrogen-bond acceptors (Lipinski definition) is 11. The summed E-state index contributed by atoms with van der Waals surface area (Å²) in [4.78, 5) is 28.4. The van der Waals surface area contributed by atoms with Gasteiger partial charge in [0.15, 0.2) is 14.5 Å². The van der Waals surface area contributed by atoms with Crippen molar-refractivity contribution in [2.75, 3.05) is 27.4 Å². The minimum absolute atomic E-state index is 0.00321. The molecule has 0 radical (unpaired) electrons. The number of nitrogens with one attached hydrogen (secondary N) is 1. The first kappa shape index (κ1) is 46.9. The van der Waals surface area contributed by atoms with E-state index >= 15 is 0 Å². The van der Waals surface area contributed by atoms with Crippen molar-refractivity contribution in [2.45, 2.75) is 115 Å². The molecule has 13 nitrogen and oxygen atoms in total. The molecule has 2 heterocycles. The van der Waals surface area contributed by atoms with E-state index in [1.165, 1.54) is 16.8 Å². The van der Waals surface area contributed by atoms with E-state index in [1.54, 1.807) is 14.2 Å². The number of aromatic amines is 1. The number of methoxy groups -OCH3 is 2. The lowest BCUT2D eigenvalue weighted by atomic mass is 9.80. The molecule has 3 aromatic carbocycles. The lowest BCUT2D eigenvalue weighted by molar-refractivity contribution is -0.0943. The first-order chi connectivity index (χ1) is 28.5. The van der Waals surface area contributed by atoms with Gasteiger partial charge < -0.3 is 32.4 Å². The fraction of sp³-hybridized carbons (Fsp3) is 0.489. The summed E-state index contributed by atoms with van der Waals surface area (Å²) in [5.74, 6) is 1.37. The van der Waals surface area contributed by atoms with Crippen LogP contribution < -0.4 is 20.7 Å². The highest BCUT2D eigenvalue weighted by Crippen LogP contribution is 2.52. The van der Waals surface area contributed by atoms with Crippen molar-refractivity contribution in [3.63, 3.8) is 0 Å². The maximum absolute atomic E-state index is 13.6. The Balaban J connectivity index is 1.73. The van der Waals surface area contributed by atoms with E-state index in [9.17, 15) is 14.9 Å². The summed E-state index contributed by atoms with van der Waals surface area (Å²) >= 11 is 0. The second kappa shape index (κ2) is 20.1. The van der Waals surface area contributed by atoms with Crippen LogP contribution in [-0.2, 0) is 28.5 Å². The number of benzene rings is 3. The number of ether oxygens (including phenoxy) is 4. The van der Waals surface area contributed by atoms with E-state index < -0.39 is 58.2 Å². The van der Waals surface area contributed by atoms with Gasteiger partial charge in [-0.3, -0.25) is 14.3 Å². The van der Waals surface area contributed by atoms with Crippen molar-refractivity contribution in [2.24, 2.45) is 0 Å². The van der Waals surface area contributed by atoms with Crippen LogP contribution in [0, 0.1) is 11.3 Å². The van der Waals surface area contributed by atoms with Gasteiger partial charge in [0.05, 0.1) is 39.9 Å². The molecule has 1 N–H and O–H groups in total. The van der Waals surface area contributed by atoms with Crippen molar-refractivity contribution in [1.82, 2.24) is 14.2 Å². The highest BCUT2D eigenvalue weighted by molar-refractivity contribution is 7.44. The Labute approximate surface area is 356 Å². The average molecular weight is 861 g/mol. The molecule has 1 aromatic heterocycles. The topological polar surface area (TPSA) is 147 Å². The molecule has 15 heteroatoms. The van der Waals surface area contributed by atoms with Gasteiger partial charge >= 0.3 is 5.69 Å². The zero-order valence-corrected chi connectivity index (χ0v) is 38.6. The first-order valence-corrected chi connectivity index (χ1v) is 24.4. The lowest BCUT2D eigenvalue weighted by Gasteiger charge is -2.42. The quantitative estimate of drug-likeness (QED) is 0.0419. The Hall–Kier alpha value is -4.16. The van der Waals surface area contributed by atoms with Crippen LogP contribution in [0.3, 0.4) is 0 Å². The summed E-state index contributed by atoms with van der Waals surface area (Å²) < 4.78 is 50.0. The molecule has 1 saturated heterocycles. The monoisotopic (exact) mass is 860 g/mol. The molecular weight excluding hydrogens is 800 g/mol. The molecule has 1 unspecified atom stereocenters. The third kappa shape index (κ3) is 10.5. The molecule has 0 aliphatic carbocycles. The first-order valence-electron chi connectivity index (χ1n) is 20.4. The summed E-state index contributed by atoms with van der Waals surface area (Å²) in [7, 11) is -1.20. The molecule has 60 heavy (non-hydrogen) atoms. The summed E-state index contributed by atoms with van der Waals surface area (Å²) in [5.41, 5.74) is 0.119.